The molecule has 0 amide bonds. The Morgan fingerprint density at radius 3 is 2.39 bits per heavy atom. The molecule has 108 valence electrons. The minimum absolute atomic E-state index is 0.143. The van der Waals surface area contributed by atoms with Gasteiger partial charge in [0.2, 0.25) is 0 Å². The topological polar surface area (TPSA) is 44.7 Å². The molecule has 0 aliphatic carbocycles. The first-order valence-corrected chi connectivity index (χ1v) is 6.98. The van der Waals surface area contributed by atoms with Crippen LogP contribution in [0, 0.1) is 0 Å². The number of likely N-dealkylation sites (N-methyl/N-ethyl adjacent to an activating group) is 1. The number of aliphatic hydroxyl groups is 1. The van der Waals surface area contributed by atoms with Crippen LogP contribution in [-0.4, -0.2) is 61.0 Å². The summed E-state index contributed by atoms with van der Waals surface area (Å²) in [7, 11) is 3.76. The maximum Gasteiger partial charge on any atom is 0.0775 e. The summed E-state index contributed by atoms with van der Waals surface area (Å²) >= 11 is 0. The van der Waals surface area contributed by atoms with E-state index in [4.69, 9.17) is 4.74 Å². The maximum absolute atomic E-state index is 9.92. The van der Waals surface area contributed by atoms with E-state index in [0.29, 0.717) is 6.04 Å². The van der Waals surface area contributed by atoms with Crippen molar-refractivity contribution in [3.63, 3.8) is 0 Å². The number of hydrogen-bond acceptors (Lipinski definition) is 4. The first kappa shape index (κ1) is 15.9. The third-order valence-electron chi connectivity index (χ3n) is 4.38. The van der Waals surface area contributed by atoms with Crippen LogP contribution in [0.15, 0.2) is 0 Å². The second-order valence-electron chi connectivity index (χ2n) is 6.28. The Kier molecular flexibility index (Phi) is 5.59. The predicted octanol–water partition coefficient (Wildman–Crippen LogP) is 1.24. The van der Waals surface area contributed by atoms with Gasteiger partial charge in [-0.2, -0.15) is 0 Å². The first-order chi connectivity index (χ1) is 8.30. The van der Waals surface area contributed by atoms with Gasteiger partial charge in [0.25, 0.3) is 0 Å². The Bertz CT molecular complexity index is 244. The highest BCUT2D eigenvalue weighted by atomic mass is 16.5. The molecule has 0 saturated carbocycles. The summed E-state index contributed by atoms with van der Waals surface area (Å²) in [5, 5.41) is 13.3. The van der Waals surface area contributed by atoms with Gasteiger partial charge in [-0.15, -0.1) is 0 Å². The van der Waals surface area contributed by atoms with E-state index in [1.54, 1.807) is 7.11 Å². The smallest absolute Gasteiger partial charge is 0.0775 e. The Morgan fingerprint density at radius 2 is 1.94 bits per heavy atom. The third kappa shape index (κ3) is 4.50. The fraction of sp³-hybridized carbons (Fsp3) is 1.00. The lowest BCUT2D eigenvalue weighted by molar-refractivity contribution is -0.0231. The highest BCUT2D eigenvalue weighted by Crippen LogP contribution is 2.22. The zero-order valence-corrected chi connectivity index (χ0v) is 12.6. The quantitative estimate of drug-likeness (QED) is 0.752. The van der Waals surface area contributed by atoms with Crippen LogP contribution in [0.3, 0.4) is 0 Å². The second-order valence-corrected chi connectivity index (χ2v) is 6.28. The number of ether oxygens (including phenoxy) is 1. The molecule has 4 heteroatoms. The van der Waals surface area contributed by atoms with Gasteiger partial charge >= 0.3 is 0 Å². The molecular weight excluding hydrogens is 228 g/mol. The van der Waals surface area contributed by atoms with Crippen molar-refractivity contribution < 1.29 is 9.84 Å². The molecule has 0 radical (unpaired) electrons. The number of rotatable bonds is 6. The van der Waals surface area contributed by atoms with E-state index in [2.05, 4.69) is 24.1 Å². The Hall–Kier alpha value is -0.160. The number of hydrogen-bond donors (Lipinski definition) is 2. The van der Waals surface area contributed by atoms with E-state index < -0.39 is 5.60 Å². The van der Waals surface area contributed by atoms with Crippen LogP contribution in [0.4, 0.5) is 0 Å². The molecule has 4 nitrogen and oxygen atoms in total. The molecular formula is C14H30N2O2. The number of methoxy groups -OCH3 is 1. The largest absolute Gasteiger partial charge is 0.390 e. The Labute approximate surface area is 112 Å². The van der Waals surface area contributed by atoms with Gasteiger partial charge in [-0.1, -0.05) is 0 Å². The van der Waals surface area contributed by atoms with Gasteiger partial charge in [0.15, 0.2) is 0 Å². The molecule has 0 aromatic carbocycles. The molecule has 1 saturated heterocycles. The first-order valence-electron chi connectivity index (χ1n) is 6.98. The molecule has 1 aliphatic heterocycles. The molecule has 0 aromatic rings. The fourth-order valence-electron chi connectivity index (χ4n) is 2.55. The van der Waals surface area contributed by atoms with Crippen molar-refractivity contribution in [3.8, 4) is 0 Å². The monoisotopic (exact) mass is 258 g/mol. The summed E-state index contributed by atoms with van der Waals surface area (Å²) in [4.78, 5) is 2.44. The lowest BCUT2D eigenvalue weighted by atomic mass is 9.92. The molecule has 0 spiro atoms. The molecule has 0 aromatic heterocycles. The SMILES string of the molecule is CNC(CCN1CCC(C)(O)CC1)C(C)(C)OC. The van der Waals surface area contributed by atoms with Crippen LogP contribution in [0.25, 0.3) is 0 Å². The van der Waals surface area contributed by atoms with Crippen LogP contribution in [0.2, 0.25) is 0 Å². The van der Waals surface area contributed by atoms with E-state index in [9.17, 15) is 5.11 Å². The third-order valence-corrected chi connectivity index (χ3v) is 4.38. The molecule has 1 atom stereocenters. The molecule has 2 N–H and O–H groups in total. The molecule has 1 rings (SSSR count). The number of likely N-dealkylation sites (tertiary alicyclic amines) is 1. The van der Waals surface area contributed by atoms with Crippen molar-refractivity contribution in [1.29, 1.82) is 0 Å². The van der Waals surface area contributed by atoms with Crippen LogP contribution >= 0.6 is 0 Å². The van der Waals surface area contributed by atoms with E-state index in [0.717, 1.165) is 38.9 Å². The molecule has 18 heavy (non-hydrogen) atoms. The van der Waals surface area contributed by atoms with Gasteiger partial charge in [0, 0.05) is 26.2 Å². The summed E-state index contributed by atoms with van der Waals surface area (Å²) in [5.41, 5.74) is -0.596. The van der Waals surface area contributed by atoms with Crippen molar-refractivity contribution in [3.05, 3.63) is 0 Å². The van der Waals surface area contributed by atoms with Gasteiger partial charge in [0.1, 0.15) is 0 Å². The Morgan fingerprint density at radius 1 is 1.39 bits per heavy atom. The van der Waals surface area contributed by atoms with Gasteiger partial charge in [-0.25, -0.2) is 0 Å². The molecule has 1 unspecified atom stereocenters. The van der Waals surface area contributed by atoms with Gasteiger partial charge in [0.05, 0.1) is 11.2 Å². The highest BCUT2D eigenvalue weighted by molar-refractivity contribution is 4.87. The van der Waals surface area contributed by atoms with Crippen molar-refractivity contribution in [2.24, 2.45) is 0 Å². The molecule has 1 fully saturated rings. The zero-order valence-electron chi connectivity index (χ0n) is 12.6. The van der Waals surface area contributed by atoms with E-state index in [1.807, 2.05) is 14.0 Å². The average Bonchev–Trinajstić information content (AvgIpc) is 2.31. The van der Waals surface area contributed by atoms with Crippen molar-refractivity contribution in [1.82, 2.24) is 10.2 Å². The predicted molar refractivity (Wildman–Crippen MR) is 74.9 cm³/mol. The van der Waals surface area contributed by atoms with Crippen LogP contribution in [-0.2, 0) is 4.74 Å². The lowest BCUT2D eigenvalue weighted by Gasteiger charge is -2.38. The van der Waals surface area contributed by atoms with E-state index in [1.165, 1.54) is 0 Å². The van der Waals surface area contributed by atoms with E-state index >= 15 is 0 Å². The summed E-state index contributed by atoms with van der Waals surface area (Å²) in [6.07, 6.45) is 2.83. The molecule has 1 aliphatic rings. The summed E-state index contributed by atoms with van der Waals surface area (Å²) in [6, 6.07) is 0.352. The summed E-state index contributed by atoms with van der Waals surface area (Å²) < 4.78 is 5.54. The summed E-state index contributed by atoms with van der Waals surface area (Å²) in [5.74, 6) is 0. The zero-order chi connectivity index (χ0) is 13.8. The summed E-state index contributed by atoms with van der Waals surface area (Å²) in [6.45, 7) is 9.24. The molecule has 1 heterocycles. The van der Waals surface area contributed by atoms with Gasteiger partial charge in [-0.05, 0) is 53.6 Å². The van der Waals surface area contributed by atoms with Crippen molar-refractivity contribution in [2.45, 2.75) is 57.3 Å². The van der Waals surface area contributed by atoms with Crippen LogP contribution in [0.5, 0.6) is 0 Å². The number of nitrogens with zero attached hydrogens (tertiary/aromatic N) is 1. The standard InChI is InChI=1S/C14H30N2O2/c1-13(2,18-5)12(15-4)6-9-16-10-7-14(3,17)8-11-16/h12,15,17H,6-11H2,1-5H3. The van der Waals surface area contributed by atoms with E-state index in [-0.39, 0.29) is 5.60 Å². The lowest BCUT2D eigenvalue weighted by Crippen LogP contribution is -2.49. The van der Waals surface area contributed by atoms with Gasteiger partial charge < -0.3 is 20.1 Å². The fourth-order valence-corrected chi connectivity index (χ4v) is 2.55. The molecule has 0 bridgehead atoms. The maximum atomic E-state index is 9.92. The number of piperidine rings is 1. The normalized spacial score (nSPS) is 23.0. The van der Waals surface area contributed by atoms with Crippen LogP contribution in [0.1, 0.15) is 40.0 Å². The van der Waals surface area contributed by atoms with Gasteiger partial charge in [-0.3, -0.25) is 0 Å². The number of nitrogens with one attached hydrogen (secondary N) is 1. The van der Waals surface area contributed by atoms with Crippen LogP contribution < -0.4 is 5.32 Å². The van der Waals surface area contributed by atoms with Crippen molar-refractivity contribution in [2.75, 3.05) is 33.8 Å². The minimum atomic E-state index is -0.454. The second kappa shape index (κ2) is 6.33. The highest BCUT2D eigenvalue weighted by Gasteiger charge is 2.30. The Balaban J connectivity index is 2.36. The van der Waals surface area contributed by atoms with Crippen molar-refractivity contribution >= 4 is 0 Å². The minimum Gasteiger partial charge on any atom is -0.390 e. The average molecular weight is 258 g/mol.